The average Bonchev–Trinajstić information content (AvgIpc) is 3.36. The lowest BCUT2D eigenvalue weighted by Crippen LogP contribution is -2.48. The molecule has 0 spiro atoms. The summed E-state index contributed by atoms with van der Waals surface area (Å²) in [5, 5.41) is 7.80. The predicted octanol–water partition coefficient (Wildman–Crippen LogP) is 1.89. The van der Waals surface area contributed by atoms with E-state index in [1.165, 1.54) is 25.7 Å². The zero-order chi connectivity index (χ0) is 18.6. The number of hydrogen-bond donors (Lipinski definition) is 1. The van der Waals surface area contributed by atoms with Crippen molar-refractivity contribution in [2.24, 2.45) is 5.92 Å². The minimum atomic E-state index is 0.0266. The number of carbonyl (C=O) groups is 1. The van der Waals surface area contributed by atoms with Gasteiger partial charge in [0.25, 0.3) is 5.56 Å². The topological polar surface area (TPSA) is 67.2 Å². The number of hydrogen-bond acceptors (Lipinski definition) is 4. The molecule has 6 nitrogen and oxygen atoms in total. The lowest BCUT2D eigenvalue weighted by Gasteiger charge is -2.36. The zero-order valence-electron chi connectivity index (χ0n) is 16.3. The van der Waals surface area contributed by atoms with Crippen LogP contribution in [0.5, 0.6) is 0 Å². The van der Waals surface area contributed by atoms with Gasteiger partial charge in [0, 0.05) is 31.1 Å². The maximum Gasteiger partial charge on any atom is 0.267 e. The van der Waals surface area contributed by atoms with E-state index in [1.807, 2.05) is 0 Å². The molecule has 2 aliphatic carbocycles. The van der Waals surface area contributed by atoms with Gasteiger partial charge in [0.1, 0.15) is 0 Å². The van der Waals surface area contributed by atoms with Crippen LogP contribution in [0.1, 0.15) is 62.6 Å². The monoisotopic (exact) mass is 372 g/mol. The van der Waals surface area contributed by atoms with Gasteiger partial charge in [0.15, 0.2) is 0 Å². The number of nitrogens with zero attached hydrogens (tertiary/aromatic N) is 3. The number of aryl methyl sites for hydroxylation is 2. The maximum absolute atomic E-state index is 12.3. The van der Waals surface area contributed by atoms with Gasteiger partial charge in [-0.1, -0.05) is 19.3 Å². The predicted molar refractivity (Wildman–Crippen MR) is 105 cm³/mol. The Labute approximate surface area is 161 Å². The van der Waals surface area contributed by atoms with Gasteiger partial charge in [0.2, 0.25) is 5.91 Å². The number of carbonyl (C=O) groups excluding carboxylic acids is 1. The molecule has 1 aliphatic heterocycles. The van der Waals surface area contributed by atoms with Crippen LogP contribution < -0.4 is 10.9 Å². The SMILES string of the molecule is O=C(NCC1CCCCN1CCn1nc2c(cc1=O)CCC2)C1CCCC1. The number of rotatable bonds is 6. The van der Waals surface area contributed by atoms with Gasteiger partial charge < -0.3 is 5.32 Å². The Morgan fingerprint density at radius 2 is 1.89 bits per heavy atom. The van der Waals surface area contributed by atoms with E-state index in [9.17, 15) is 9.59 Å². The number of fused-ring (bicyclic) bond motifs is 1. The highest BCUT2D eigenvalue weighted by molar-refractivity contribution is 5.78. The molecular formula is C21H32N4O2. The number of nitrogens with one attached hydrogen (secondary N) is 1. The van der Waals surface area contributed by atoms with Crippen LogP contribution in [0.3, 0.4) is 0 Å². The van der Waals surface area contributed by atoms with Crippen LogP contribution in [-0.2, 0) is 24.2 Å². The first kappa shape index (κ1) is 18.7. The van der Waals surface area contributed by atoms with Crippen molar-refractivity contribution in [2.75, 3.05) is 19.6 Å². The standard InChI is InChI=1S/C21H32N4O2/c26-20-14-17-8-5-10-19(17)23-25(20)13-12-24-11-4-3-9-18(24)15-22-21(27)16-6-1-2-7-16/h14,16,18H,1-13,15H2,(H,22,27). The molecule has 0 radical (unpaired) electrons. The highest BCUT2D eigenvalue weighted by Crippen LogP contribution is 2.25. The van der Waals surface area contributed by atoms with E-state index in [2.05, 4.69) is 15.3 Å². The molecule has 2 heterocycles. The third-order valence-corrected chi connectivity index (χ3v) is 6.61. The highest BCUT2D eigenvalue weighted by Gasteiger charge is 2.26. The lowest BCUT2D eigenvalue weighted by molar-refractivity contribution is -0.125. The van der Waals surface area contributed by atoms with Crippen LogP contribution in [-0.4, -0.2) is 46.3 Å². The van der Waals surface area contributed by atoms with E-state index in [-0.39, 0.29) is 17.4 Å². The molecule has 1 saturated carbocycles. The molecule has 6 heteroatoms. The van der Waals surface area contributed by atoms with E-state index >= 15 is 0 Å². The van der Waals surface area contributed by atoms with Crippen molar-refractivity contribution in [2.45, 2.75) is 76.8 Å². The summed E-state index contributed by atoms with van der Waals surface area (Å²) < 4.78 is 1.65. The summed E-state index contributed by atoms with van der Waals surface area (Å²) in [7, 11) is 0. The van der Waals surface area contributed by atoms with Crippen molar-refractivity contribution in [3.63, 3.8) is 0 Å². The van der Waals surface area contributed by atoms with E-state index < -0.39 is 0 Å². The van der Waals surface area contributed by atoms with Gasteiger partial charge in [-0.2, -0.15) is 5.10 Å². The molecule has 2 fully saturated rings. The van der Waals surface area contributed by atoms with Crippen LogP contribution in [0, 0.1) is 5.92 Å². The van der Waals surface area contributed by atoms with E-state index in [0.29, 0.717) is 12.6 Å². The van der Waals surface area contributed by atoms with Gasteiger partial charge >= 0.3 is 0 Å². The van der Waals surface area contributed by atoms with Crippen molar-refractivity contribution >= 4 is 5.91 Å². The van der Waals surface area contributed by atoms with Gasteiger partial charge in [-0.3, -0.25) is 14.5 Å². The molecule has 3 aliphatic rings. The van der Waals surface area contributed by atoms with Crippen LogP contribution in [0.2, 0.25) is 0 Å². The van der Waals surface area contributed by atoms with E-state index in [0.717, 1.165) is 69.4 Å². The van der Waals surface area contributed by atoms with Crippen molar-refractivity contribution in [3.8, 4) is 0 Å². The molecule has 1 unspecified atom stereocenters. The molecule has 4 rings (SSSR count). The fourth-order valence-electron chi connectivity index (χ4n) is 4.96. The second-order valence-corrected chi connectivity index (χ2v) is 8.44. The lowest BCUT2D eigenvalue weighted by atomic mass is 10.0. The largest absolute Gasteiger partial charge is 0.354 e. The van der Waals surface area contributed by atoms with Crippen LogP contribution in [0.15, 0.2) is 10.9 Å². The molecule has 0 aromatic carbocycles. The fourth-order valence-corrected chi connectivity index (χ4v) is 4.96. The maximum atomic E-state index is 12.3. The molecule has 27 heavy (non-hydrogen) atoms. The average molecular weight is 373 g/mol. The van der Waals surface area contributed by atoms with Gasteiger partial charge in [-0.05, 0) is 57.1 Å². The molecule has 1 N–H and O–H groups in total. The number of piperidine rings is 1. The van der Waals surface area contributed by atoms with Gasteiger partial charge in [-0.15, -0.1) is 0 Å². The van der Waals surface area contributed by atoms with Crippen LogP contribution in [0.25, 0.3) is 0 Å². The summed E-state index contributed by atoms with van der Waals surface area (Å²) in [6, 6.07) is 2.17. The van der Waals surface area contributed by atoms with Gasteiger partial charge in [-0.25, -0.2) is 4.68 Å². The summed E-state index contributed by atoms with van der Waals surface area (Å²) in [5.41, 5.74) is 2.27. The summed E-state index contributed by atoms with van der Waals surface area (Å²) in [5.74, 6) is 0.478. The summed E-state index contributed by atoms with van der Waals surface area (Å²) >= 11 is 0. The molecule has 1 atom stereocenters. The Morgan fingerprint density at radius 1 is 1.07 bits per heavy atom. The normalized spacial score (nSPS) is 23.5. The first-order chi connectivity index (χ1) is 13.2. The Bertz CT molecular complexity index is 723. The number of likely N-dealkylation sites (tertiary alicyclic amines) is 1. The molecule has 1 amide bonds. The summed E-state index contributed by atoms with van der Waals surface area (Å²) in [4.78, 5) is 27.1. The molecule has 1 saturated heterocycles. The Kier molecular flexibility index (Phi) is 5.91. The third-order valence-electron chi connectivity index (χ3n) is 6.61. The second kappa shape index (κ2) is 8.55. The quantitative estimate of drug-likeness (QED) is 0.828. The Morgan fingerprint density at radius 3 is 2.74 bits per heavy atom. The summed E-state index contributed by atoms with van der Waals surface area (Å²) in [6.07, 6.45) is 11.1. The van der Waals surface area contributed by atoms with E-state index in [4.69, 9.17) is 0 Å². The van der Waals surface area contributed by atoms with Crippen molar-refractivity contribution in [3.05, 3.63) is 27.7 Å². The first-order valence-electron chi connectivity index (χ1n) is 10.8. The molecule has 1 aromatic rings. The fraction of sp³-hybridized carbons (Fsp3) is 0.762. The molecule has 148 valence electrons. The van der Waals surface area contributed by atoms with Crippen molar-refractivity contribution in [1.29, 1.82) is 0 Å². The zero-order valence-corrected chi connectivity index (χ0v) is 16.3. The van der Waals surface area contributed by atoms with E-state index in [1.54, 1.807) is 10.7 Å². The highest BCUT2D eigenvalue weighted by atomic mass is 16.2. The van der Waals surface area contributed by atoms with Gasteiger partial charge in [0.05, 0.1) is 12.2 Å². The summed E-state index contributed by atoms with van der Waals surface area (Å²) in [6.45, 7) is 3.25. The van der Waals surface area contributed by atoms with Crippen molar-refractivity contribution in [1.82, 2.24) is 20.0 Å². The second-order valence-electron chi connectivity index (χ2n) is 8.44. The third kappa shape index (κ3) is 4.42. The minimum Gasteiger partial charge on any atom is -0.354 e. The minimum absolute atomic E-state index is 0.0266. The molecular weight excluding hydrogens is 340 g/mol. The Balaban J connectivity index is 1.32. The smallest absolute Gasteiger partial charge is 0.267 e. The molecule has 1 aromatic heterocycles. The van der Waals surface area contributed by atoms with Crippen molar-refractivity contribution < 1.29 is 4.79 Å². The van der Waals surface area contributed by atoms with Crippen LogP contribution in [0.4, 0.5) is 0 Å². The number of amides is 1. The first-order valence-corrected chi connectivity index (χ1v) is 10.8. The molecule has 0 bridgehead atoms. The number of aromatic nitrogens is 2. The van der Waals surface area contributed by atoms with Crippen LogP contribution >= 0.6 is 0 Å². The Hall–Kier alpha value is -1.69.